The van der Waals surface area contributed by atoms with Gasteiger partial charge in [-0.3, -0.25) is 5.10 Å². The van der Waals surface area contributed by atoms with Crippen LogP contribution < -0.4 is 4.90 Å². The maximum absolute atomic E-state index is 13.6. The second-order valence-corrected chi connectivity index (χ2v) is 11.3. The zero-order valence-electron chi connectivity index (χ0n) is 17.5. The van der Waals surface area contributed by atoms with E-state index < -0.39 is 14.6 Å². The molecule has 0 spiro atoms. The monoisotopic (exact) mass is 457 g/mol. The van der Waals surface area contributed by atoms with Gasteiger partial charge in [0.05, 0.1) is 25.9 Å². The van der Waals surface area contributed by atoms with Crippen LogP contribution in [0.5, 0.6) is 0 Å². The number of nitrogens with zero attached hydrogens (tertiary/aromatic N) is 2. The lowest BCUT2D eigenvalue weighted by atomic mass is 10.0. The maximum Gasteiger partial charge on any atom is 0.184 e. The van der Waals surface area contributed by atoms with Crippen LogP contribution in [-0.4, -0.2) is 43.1 Å². The van der Waals surface area contributed by atoms with Crippen molar-refractivity contribution in [3.63, 3.8) is 0 Å². The zero-order chi connectivity index (χ0) is 21.8. The normalized spacial score (nSPS) is 18.4. The Labute approximate surface area is 186 Å². The van der Waals surface area contributed by atoms with E-state index in [1.54, 1.807) is 0 Å². The molecule has 0 atom stereocenters. The Hall–Kier alpha value is -2.35. The average molecular weight is 458 g/mol. The number of ether oxygens (including phenoxy) is 1. The fourth-order valence-electron chi connectivity index (χ4n) is 4.47. The standard InChI is InChI=1S/C23H24ClN3O3S/c1-15-13-19-16(14-20(15)31(28,29)23(2)8-11-30-12-9-23)5-4-10-27(19)22-17-6-3-7-18(24)21(17)25-26-22/h3-7,13-14H,8-12H2,1-2H3,(H,25,26). The van der Waals surface area contributed by atoms with Crippen LogP contribution in [0.15, 0.2) is 41.3 Å². The number of nitrogens with one attached hydrogen (secondary N) is 1. The molecule has 0 bridgehead atoms. The molecule has 5 rings (SSSR count). The molecule has 1 saturated heterocycles. The van der Waals surface area contributed by atoms with Crippen molar-refractivity contribution in [2.75, 3.05) is 24.7 Å². The summed E-state index contributed by atoms with van der Waals surface area (Å²) in [6.07, 6.45) is 5.02. The number of sulfone groups is 1. The largest absolute Gasteiger partial charge is 0.381 e. The first-order chi connectivity index (χ1) is 14.8. The number of aryl methyl sites for hydroxylation is 1. The minimum atomic E-state index is -3.51. The minimum Gasteiger partial charge on any atom is -0.381 e. The van der Waals surface area contributed by atoms with Gasteiger partial charge in [-0.25, -0.2) is 8.42 Å². The molecule has 0 aliphatic carbocycles. The van der Waals surface area contributed by atoms with Crippen molar-refractivity contribution < 1.29 is 13.2 Å². The van der Waals surface area contributed by atoms with Crippen LogP contribution in [0, 0.1) is 6.92 Å². The van der Waals surface area contributed by atoms with E-state index in [0.29, 0.717) is 42.5 Å². The Kier molecular flexibility index (Phi) is 4.88. The predicted octanol–water partition coefficient (Wildman–Crippen LogP) is 5.03. The minimum absolute atomic E-state index is 0.400. The van der Waals surface area contributed by atoms with Crippen LogP contribution in [0.1, 0.15) is 30.9 Å². The van der Waals surface area contributed by atoms with E-state index >= 15 is 0 Å². The average Bonchev–Trinajstić information content (AvgIpc) is 3.18. The van der Waals surface area contributed by atoms with Crippen molar-refractivity contribution >= 4 is 49.9 Å². The van der Waals surface area contributed by atoms with Crippen LogP contribution in [0.3, 0.4) is 0 Å². The SMILES string of the molecule is Cc1cc2c(cc1S(=O)(=O)C1(C)CCOCC1)C=CCN2c1n[nH]c2c(Cl)cccc12. The van der Waals surface area contributed by atoms with Gasteiger partial charge in [0.2, 0.25) is 0 Å². The van der Waals surface area contributed by atoms with Gasteiger partial charge in [-0.05, 0) is 62.1 Å². The lowest BCUT2D eigenvalue weighted by Gasteiger charge is -2.34. The number of aromatic nitrogens is 2. The second-order valence-electron chi connectivity index (χ2n) is 8.46. The lowest BCUT2D eigenvalue weighted by Crippen LogP contribution is -2.41. The summed E-state index contributed by atoms with van der Waals surface area (Å²) in [5, 5.41) is 9.09. The van der Waals surface area contributed by atoms with Crippen molar-refractivity contribution in [3.05, 3.63) is 52.6 Å². The third-order valence-electron chi connectivity index (χ3n) is 6.47. The Morgan fingerprint density at radius 2 is 2.00 bits per heavy atom. The smallest absolute Gasteiger partial charge is 0.184 e. The molecule has 0 radical (unpaired) electrons. The molecule has 0 unspecified atom stereocenters. The summed E-state index contributed by atoms with van der Waals surface area (Å²) in [4.78, 5) is 2.49. The molecule has 162 valence electrons. The van der Waals surface area contributed by atoms with Crippen LogP contribution in [0.25, 0.3) is 17.0 Å². The zero-order valence-corrected chi connectivity index (χ0v) is 19.1. The first kappa shape index (κ1) is 20.5. The maximum atomic E-state index is 13.6. The van der Waals surface area contributed by atoms with Gasteiger partial charge in [-0.2, -0.15) is 5.10 Å². The summed E-state index contributed by atoms with van der Waals surface area (Å²) >= 11 is 6.31. The highest BCUT2D eigenvalue weighted by Gasteiger charge is 2.42. The van der Waals surface area contributed by atoms with E-state index in [4.69, 9.17) is 16.3 Å². The molecule has 2 aromatic carbocycles. The second kappa shape index (κ2) is 7.36. The van der Waals surface area contributed by atoms with Crippen LogP contribution >= 0.6 is 11.6 Å². The van der Waals surface area contributed by atoms with E-state index in [9.17, 15) is 8.42 Å². The van der Waals surface area contributed by atoms with Gasteiger partial charge < -0.3 is 9.64 Å². The highest BCUT2D eigenvalue weighted by molar-refractivity contribution is 7.92. The highest BCUT2D eigenvalue weighted by atomic mass is 35.5. The van der Waals surface area contributed by atoms with Gasteiger partial charge in [-0.15, -0.1) is 0 Å². The van der Waals surface area contributed by atoms with Crippen LogP contribution in [0.4, 0.5) is 11.5 Å². The van der Waals surface area contributed by atoms with E-state index in [1.807, 2.05) is 56.3 Å². The summed E-state index contributed by atoms with van der Waals surface area (Å²) in [6.45, 7) is 5.29. The van der Waals surface area contributed by atoms with Crippen LogP contribution in [0.2, 0.25) is 5.02 Å². The number of anilines is 2. The molecule has 6 nitrogen and oxygen atoms in total. The summed E-state index contributed by atoms with van der Waals surface area (Å²) in [5.74, 6) is 0.773. The Balaban J connectivity index is 1.61. The van der Waals surface area contributed by atoms with Crippen LogP contribution in [-0.2, 0) is 14.6 Å². The molecule has 0 saturated carbocycles. The van der Waals surface area contributed by atoms with E-state index in [0.717, 1.165) is 33.5 Å². The number of benzene rings is 2. The predicted molar refractivity (Wildman–Crippen MR) is 124 cm³/mol. The van der Waals surface area contributed by atoms with E-state index in [-0.39, 0.29) is 0 Å². The van der Waals surface area contributed by atoms with Crippen molar-refractivity contribution in [3.8, 4) is 0 Å². The van der Waals surface area contributed by atoms with E-state index in [1.165, 1.54) is 0 Å². The summed E-state index contributed by atoms with van der Waals surface area (Å²) in [7, 11) is -3.51. The lowest BCUT2D eigenvalue weighted by molar-refractivity contribution is 0.0789. The molecule has 8 heteroatoms. The number of para-hydroxylation sites is 1. The summed E-state index contributed by atoms with van der Waals surface area (Å²) in [6, 6.07) is 9.48. The number of fused-ring (bicyclic) bond motifs is 2. The topological polar surface area (TPSA) is 75.3 Å². The van der Waals surface area contributed by atoms with Gasteiger partial charge >= 0.3 is 0 Å². The number of halogens is 1. The number of H-pyrrole nitrogens is 1. The van der Waals surface area contributed by atoms with Gasteiger partial charge in [0.25, 0.3) is 0 Å². The van der Waals surface area contributed by atoms with Crippen molar-refractivity contribution in [2.24, 2.45) is 0 Å². The fourth-order valence-corrected chi connectivity index (χ4v) is 6.68. The Morgan fingerprint density at radius 1 is 1.23 bits per heavy atom. The molecule has 3 heterocycles. The molecule has 2 aliphatic heterocycles. The third kappa shape index (κ3) is 3.18. The Morgan fingerprint density at radius 3 is 2.77 bits per heavy atom. The first-order valence-electron chi connectivity index (χ1n) is 10.4. The number of hydrogen-bond donors (Lipinski definition) is 1. The highest BCUT2D eigenvalue weighted by Crippen LogP contribution is 2.41. The van der Waals surface area contributed by atoms with Gasteiger partial charge in [0.15, 0.2) is 15.7 Å². The molecule has 0 amide bonds. The number of aromatic amines is 1. The first-order valence-corrected chi connectivity index (χ1v) is 12.2. The molecule has 31 heavy (non-hydrogen) atoms. The van der Waals surface area contributed by atoms with Crippen molar-refractivity contribution in [1.82, 2.24) is 10.2 Å². The fraction of sp³-hybridized carbons (Fsp3) is 0.348. The molecule has 2 aliphatic rings. The quantitative estimate of drug-likeness (QED) is 0.596. The van der Waals surface area contributed by atoms with Crippen molar-refractivity contribution in [1.29, 1.82) is 0 Å². The summed E-state index contributed by atoms with van der Waals surface area (Å²) < 4.78 is 31.8. The van der Waals surface area contributed by atoms with Gasteiger partial charge in [0.1, 0.15) is 0 Å². The molecule has 3 aromatic rings. The van der Waals surface area contributed by atoms with Gasteiger partial charge in [-0.1, -0.05) is 29.8 Å². The molecular formula is C23H24ClN3O3S. The Bertz CT molecular complexity index is 1310. The molecule has 1 aromatic heterocycles. The molecule has 1 N–H and O–H groups in total. The molecular weight excluding hydrogens is 434 g/mol. The third-order valence-corrected chi connectivity index (χ3v) is 9.51. The summed E-state index contributed by atoms with van der Waals surface area (Å²) in [5.41, 5.74) is 3.33. The number of hydrogen-bond acceptors (Lipinski definition) is 5. The van der Waals surface area contributed by atoms with E-state index in [2.05, 4.69) is 15.1 Å². The number of rotatable bonds is 3. The molecule has 1 fully saturated rings. The van der Waals surface area contributed by atoms with Gasteiger partial charge in [0, 0.05) is 25.1 Å². The van der Waals surface area contributed by atoms with Crippen molar-refractivity contribution in [2.45, 2.75) is 36.3 Å².